The molecule has 0 saturated heterocycles. The molecule has 0 aliphatic heterocycles. The van der Waals surface area contributed by atoms with Gasteiger partial charge in [-0.2, -0.15) is 0 Å². The summed E-state index contributed by atoms with van der Waals surface area (Å²) in [7, 11) is -1.28. The first-order valence-electron chi connectivity index (χ1n) is 2.64. The summed E-state index contributed by atoms with van der Waals surface area (Å²) in [5.41, 5.74) is 7.76. The molecule has 0 aromatic rings. The molecule has 2 N–H and O–H groups in total. The Balaban J connectivity index is 3.00. The second-order valence-electron chi connectivity index (χ2n) is 1.58. The Morgan fingerprint density at radius 2 is 2.22 bits per heavy atom. The highest BCUT2D eigenvalue weighted by atomic mass is 16.4. The van der Waals surface area contributed by atoms with Crippen LogP contribution in [0, 0.1) is 0 Å². The molecular weight excluding hydrogens is 121 g/mol. The SMILES string of the molecule is [N-]=[N+]=NCCCB(O)O. The fraction of sp³-hybridized carbons (Fsp3) is 1.00. The van der Waals surface area contributed by atoms with Crippen LogP contribution in [0.25, 0.3) is 10.4 Å². The van der Waals surface area contributed by atoms with Crippen molar-refractivity contribution in [3.05, 3.63) is 10.4 Å². The van der Waals surface area contributed by atoms with Crippen LogP contribution in [0.1, 0.15) is 6.42 Å². The molecule has 0 aliphatic carbocycles. The molecule has 0 aromatic carbocycles. The molecule has 0 spiro atoms. The third kappa shape index (κ3) is 7.29. The van der Waals surface area contributed by atoms with E-state index in [1.807, 2.05) is 0 Å². The average Bonchev–Trinajstić information content (AvgIpc) is 1.80. The van der Waals surface area contributed by atoms with Crippen molar-refractivity contribution in [1.82, 2.24) is 0 Å². The molecule has 0 aromatic heterocycles. The van der Waals surface area contributed by atoms with Crippen molar-refractivity contribution in [3.63, 3.8) is 0 Å². The Morgan fingerprint density at radius 1 is 1.56 bits per heavy atom. The maximum Gasteiger partial charge on any atom is 0.451 e. The first-order chi connectivity index (χ1) is 4.27. The standard InChI is InChI=1S/C3H8BN3O2/c5-7-6-3-1-2-4(8)9/h8-9H,1-3H2. The van der Waals surface area contributed by atoms with Gasteiger partial charge in [0.05, 0.1) is 0 Å². The zero-order chi connectivity index (χ0) is 7.11. The summed E-state index contributed by atoms with van der Waals surface area (Å²) in [4.78, 5) is 2.49. The number of nitrogens with zero attached hydrogens (tertiary/aromatic N) is 3. The van der Waals surface area contributed by atoms with Gasteiger partial charge in [0.15, 0.2) is 0 Å². The highest BCUT2D eigenvalue weighted by molar-refractivity contribution is 6.40. The summed E-state index contributed by atoms with van der Waals surface area (Å²) < 4.78 is 0. The van der Waals surface area contributed by atoms with Crippen LogP contribution in [0.2, 0.25) is 6.32 Å². The molecule has 0 aliphatic rings. The van der Waals surface area contributed by atoms with E-state index in [-0.39, 0.29) is 6.32 Å². The summed E-state index contributed by atoms with van der Waals surface area (Å²) >= 11 is 0. The van der Waals surface area contributed by atoms with E-state index in [2.05, 4.69) is 10.0 Å². The fourth-order valence-electron chi connectivity index (χ4n) is 0.389. The smallest absolute Gasteiger partial charge is 0.427 e. The largest absolute Gasteiger partial charge is 0.451 e. The van der Waals surface area contributed by atoms with Gasteiger partial charge in [0.2, 0.25) is 0 Å². The van der Waals surface area contributed by atoms with Gasteiger partial charge in [0.25, 0.3) is 0 Å². The van der Waals surface area contributed by atoms with E-state index in [1.54, 1.807) is 0 Å². The van der Waals surface area contributed by atoms with Crippen LogP contribution < -0.4 is 0 Å². The van der Waals surface area contributed by atoms with E-state index >= 15 is 0 Å². The highest BCUT2D eigenvalue weighted by Crippen LogP contribution is 1.91. The zero-order valence-electron chi connectivity index (χ0n) is 4.93. The molecule has 0 unspecified atom stereocenters. The van der Waals surface area contributed by atoms with Crippen LogP contribution in [0.15, 0.2) is 5.11 Å². The molecule has 0 bridgehead atoms. The van der Waals surface area contributed by atoms with Crippen molar-refractivity contribution in [3.8, 4) is 0 Å². The molecule has 0 atom stereocenters. The Hall–Kier alpha value is -0.705. The van der Waals surface area contributed by atoms with Gasteiger partial charge < -0.3 is 10.0 Å². The first-order valence-corrected chi connectivity index (χ1v) is 2.64. The normalized spacial score (nSPS) is 8.22. The van der Waals surface area contributed by atoms with Crippen LogP contribution in [-0.2, 0) is 0 Å². The van der Waals surface area contributed by atoms with E-state index in [1.165, 1.54) is 0 Å². The first kappa shape index (κ1) is 8.29. The Kier molecular flexibility index (Phi) is 5.01. The van der Waals surface area contributed by atoms with Crippen molar-refractivity contribution in [2.24, 2.45) is 5.11 Å². The monoisotopic (exact) mass is 129 g/mol. The third-order valence-corrected chi connectivity index (χ3v) is 0.784. The molecule has 0 heterocycles. The van der Waals surface area contributed by atoms with Crippen molar-refractivity contribution in [1.29, 1.82) is 0 Å². The van der Waals surface area contributed by atoms with Gasteiger partial charge in [-0.05, 0) is 18.3 Å². The van der Waals surface area contributed by atoms with Crippen LogP contribution in [0.4, 0.5) is 0 Å². The lowest BCUT2D eigenvalue weighted by Crippen LogP contribution is -2.09. The molecule has 0 amide bonds. The number of azide groups is 1. The Morgan fingerprint density at radius 3 is 2.67 bits per heavy atom. The number of rotatable bonds is 4. The summed E-state index contributed by atoms with van der Waals surface area (Å²) in [6, 6.07) is 0. The molecule has 50 valence electrons. The van der Waals surface area contributed by atoms with E-state index in [0.29, 0.717) is 13.0 Å². The van der Waals surface area contributed by atoms with Gasteiger partial charge in [-0.25, -0.2) is 0 Å². The topological polar surface area (TPSA) is 89.2 Å². The van der Waals surface area contributed by atoms with Crippen LogP contribution in [-0.4, -0.2) is 23.7 Å². The van der Waals surface area contributed by atoms with E-state index in [0.717, 1.165) is 0 Å². The van der Waals surface area contributed by atoms with Crippen molar-refractivity contribution in [2.45, 2.75) is 12.7 Å². The lowest BCUT2D eigenvalue weighted by molar-refractivity contribution is 0.403. The predicted octanol–water partition coefficient (Wildman–Crippen LogP) is 0.160. The second-order valence-corrected chi connectivity index (χ2v) is 1.58. The summed E-state index contributed by atoms with van der Waals surface area (Å²) in [5, 5.41) is 19.7. The number of hydrogen-bond donors (Lipinski definition) is 2. The Bertz CT molecular complexity index is 112. The van der Waals surface area contributed by atoms with Crippen molar-refractivity contribution in [2.75, 3.05) is 6.54 Å². The van der Waals surface area contributed by atoms with E-state index < -0.39 is 7.12 Å². The van der Waals surface area contributed by atoms with Gasteiger partial charge in [0.1, 0.15) is 0 Å². The maximum atomic E-state index is 8.27. The van der Waals surface area contributed by atoms with Gasteiger partial charge in [-0.15, -0.1) is 0 Å². The zero-order valence-corrected chi connectivity index (χ0v) is 4.93. The lowest BCUT2D eigenvalue weighted by Gasteiger charge is -1.91. The minimum absolute atomic E-state index is 0.263. The van der Waals surface area contributed by atoms with Crippen molar-refractivity contribution < 1.29 is 10.0 Å². The van der Waals surface area contributed by atoms with Crippen LogP contribution >= 0.6 is 0 Å². The van der Waals surface area contributed by atoms with Crippen LogP contribution in [0.5, 0.6) is 0 Å². The molecule has 9 heavy (non-hydrogen) atoms. The summed E-state index contributed by atoms with van der Waals surface area (Å²) in [5.74, 6) is 0. The quantitative estimate of drug-likeness (QED) is 0.186. The van der Waals surface area contributed by atoms with Crippen molar-refractivity contribution >= 4 is 7.12 Å². The lowest BCUT2D eigenvalue weighted by atomic mass is 9.85. The molecule has 0 saturated carbocycles. The molecule has 0 rings (SSSR count). The molecule has 6 heteroatoms. The van der Waals surface area contributed by atoms with E-state index in [9.17, 15) is 0 Å². The fourth-order valence-corrected chi connectivity index (χ4v) is 0.389. The predicted molar refractivity (Wildman–Crippen MR) is 33.6 cm³/mol. The molecule has 5 nitrogen and oxygen atoms in total. The second kappa shape index (κ2) is 5.43. The Labute approximate surface area is 53.1 Å². The van der Waals surface area contributed by atoms with Gasteiger partial charge in [-0.1, -0.05) is 5.11 Å². The van der Waals surface area contributed by atoms with E-state index in [4.69, 9.17) is 15.6 Å². The molecular formula is C3H8BN3O2. The minimum atomic E-state index is -1.28. The molecule has 0 radical (unpaired) electrons. The number of hydrogen-bond acceptors (Lipinski definition) is 3. The van der Waals surface area contributed by atoms with Gasteiger partial charge in [0, 0.05) is 11.5 Å². The highest BCUT2D eigenvalue weighted by Gasteiger charge is 2.03. The average molecular weight is 129 g/mol. The summed E-state index contributed by atoms with van der Waals surface area (Å²) in [6.07, 6.45) is 0.779. The minimum Gasteiger partial charge on any atom is -0.427 e. The molecule has 0 fully saturated rings. The van der Waals surface area contributed by atoms with Crippen LogP contribution in [0.3, 0.4) is 0 Å². The van der Waals surface area contributed by atoms with Gasteiger partial charge >= 0.3 is 7.12 Å². The maximum absolute atomic E-state index is 8.27. The summed E-state index contributed by atoms with van der Waals surface area (Å²) in [6.45, 7) is 0.328. The third-order valence-electron chi connectivity index (χ3n) is 0.784. The van der Waals surface area contributed by atoms with Gasteiger partial charge in [-0.3, -0.25) is 0 Å².